The highest BCUT2D eigenvalue weighted by molar-refractivity contribution is 5.84. The number of nitrogens with zero attached hydrogens (tertiary/aromatic N) is 1. The molecule has 0 atom stereocenters. The van der Waals surface area contributed by atoms with Gasteiger partial charge in [-0.15, -0.1) is 0 Å². The molecule has 108 valence electrons. The van der Waals surface area contributed by atoms with E-state index in [1.165, 1.54) is 6.07 Å². The molecule has 1 aliphatic heterocycles. The van der Waals surface area contributed by atoms with E-state index >= 15 is 0 Å². The van der Waals surface area contributed by atoms with Crippen molar-refractivity contribution in [1.82, 2.24) is 4.98 Å². The van der Waals surface area contributed by atoms with Gasteiger partial charge < -0.3 is 4.74 Å². The topological polar surface area (TPSA) is 39.2 Å². The fourth-order valence-electron chi connectivity index (χ4n) is 2.32. The van der Waals surface area contributed by atoms with Gasteiger partial charge in [-0.05, 0) is 29.3 Å². The van der Waals surface area contributed by atoms with E-state index < -0.39 is 11.9 Å². The summed E-state index contributed by atoms with van der Waals surface area (Å²) in [7, 11) is 0. The Kier molecular flexibility index (Phi) is 3.16. The Morgan fingerprint density at radius 2 is 2.00 bits per heavy atom. The number of carbonyl (C=O) groups is 1. The number of rotatable bonds is 2. The number of fused-ring (bicyclic) bond motifs is 1. The lowest BCUT2D eigenvalue weighted by Gasteiger charge is -2.09. The van der Waals surface area contributed by atoms with E-state index in [0.29, 0.717) is 41.8 Å². The van der Waals surface area contributed by atoms with Crippen LogP contribution in [-0.2, 0) is 12.6 Å². The monoisotopic (exact) mass is 293 g/mol. The molecule has 1 aromatic carbocycles. The number of hydrogen-bond donors (Lipinski definition) is 0. The highest BCUT2D eigenvalue weighted by Crippen LogP contribution is 2.34. The zero-order valence-electron chi connectivity index (χ0n) is 10.8. The van der Waals surface area contributed by atoms with Crippen molar-refractivity contribution in [1.29, 1.82) is 0 Å². The van der Waals surface area contributed by atoms with Gasteiger partial charge >= 0.3 is 6.18 Å². The van der Waals surface area contributed by atoms with Gasteiger partial charge in [-0.1, -0.05) is 6.07 Å². The van der Waals surface area contributed by atoms with Crippen LogP contribution < -0.4 is 4.74 Å². The van der Waals surface area contributed by atoms with Crippen molar-refractivity contribution >= 4 is 6.29 Å². The lowest BCUT2D eigenvalue weighted by Crippen LogP contribution is -2.07. The highest BCUT2D eigenvalue weighted by Gasteiger charge is 2.32. The number of carbonyl (C=O) groups excluding carboxylic acids is 1. The summed E-state index contributed by atoms with van der Waals surface area (Å²) in [5.74, 6) is 0.564. The summed E-state index contributed by atoms with van der Waals surface area (Å²) >= 11 is 0. The first-order valence-electron chi connectivity index (χ1n) is 6.27. The van der Waals surface area contributed by atoms with E-state index in [1.807, 2.05) is 6.07 Å². The average Bonchev–Trinajstić information content (AvgIpc) is 2.93. The predicted octanol–water partition coefficient (Wildman–Crippen LogP) is 3.51. The smallest absolute Gasteiger partial charge is 0.433 e. The number of aldehydes is 1. The molecule has 21 heavy (non-hydrogen) atoms. The summed E-state index contributed by atoms with van der Waals surface area (Å²) in [6, 6.07) is 5.70. The number of ether oxygens (including phenoxy) is 1. The Balaban J connectivity index is 2.03. The number of pyridine rings is 1. The lowest BCUT2D eigenvalue weighted by molar-refractivity contribution is -0.141. The maximum atomic E-state index is 12.5. The Hall–Kier alpha value is -2.37. The van der Waals surface area contributed by atoms with E-state index in [-0.39, 0.29) is 0 Å². The molecular formula is C15H10F3NO2. The molecular weight excluding hydrogens is 283 g/mol. The largest absolute Gasteiger partial charge is 0.492 e. The van der Waals surface area contributed by atoms with Gasteiger partial charge in [0.15, 0.2) is 6.29 Å². The average molecular weight is 293 g/mol. The Morgan fingerprint density at radius 1 is 1.19 bits per heavy atom. The first kappa shape index (κ1) is 13.6. The van der Waals surface area contributed by atoms with Gasteiger partial charge in [-0.2, -0.15) is 13.2 Å². The predicted molar refractivity (Wildman–Crippen MR) is 69.3 cm³/mol. The van der Waals surface area contributed by atoms with Crippen molar-refractivity contribution in [3.63, 3.8) is 0 Å². The van der Waals surface area contributed by atoms with Crippen LogP contribution in [0.15, 0.2) is 30.5 Å². The van der Waals surface area contributed by atoms with E-state index in [1.54, 1.807) is 6.07 Å². The first-order chi connectivity index (χ1) is 9.99. The van der Waals surface area contributed by atoms with Gasteiger partial charge in [0.25, 0.3) is 0 Å². The molecule has 0 saturated carbocycles. The SMILES string of the molecule is O=Cc1cc(-c2ccc(C(F)(F)F)nc2)cc2c1OCC2. The molecule has 0 fully saturated rings. The molecule has 2 heterocycles. The molecule has 0 unspecified atom stereocenters. The number of halogens is 3. The molecule has 0 saturated heterocycles. The number of benzene rings is 1. The summed E-state index contributed by atoms with van der Waals surface area (Å²) in [4.78, 5) is 14.5. The van der Waals surface area contributed by atoms with Gasteiger partial charge in [0, 0.05) is 18.2 Å². The minimum Gasteiger partial charge on any atom is -0.492 e. The molecule has 0 spiro atoms. The summed E-state index contributed by atoms with van der Waals surface area (Å²) in [5, 5.41) is 0. The number of aromatic nitrogens is 1. The zero-order chi connectivity index (χ0) is 15.0. The van der Waals surface area contributed by atoms with Gasteiger partial charge in [-0.25, -0.2) is 0 Å². The van der Waals surface area contributed by atoms with Crippen molar-refractivity contribution < 1.29 is 22.7 Å². The molecule has 0 amide bonds. The van der Waals surface area contributed by atoms with Crippen LogP contribution in [0.1, 0.15) is 21.6 Å². The molecule has 1 aliphatic rings. The van der Waals surface area contributed by atoms with E-state index in [0.717, 1.165) is 17.8 Å². The summed E-state index contributed by atoms with van der Waals surface area (Å²) in [6.45, 7) is 0.505. The maximum absolute atomic E-state index is 12.5. The van der Waals surface area contributed by atoms with E-state index in [2.05, 4.69) is 4.98 Å². The van der Waals surface area contributed by atoms with E-state index in [9.17, 15) is 18.0 Å². The first-order valence-corrected chi connectivity index (χ1v) is 6.27. The van der Waals surface area contributed by atoms with Crippen molar-refractivity contribution in [3.8, 4) is 16.9 Å². The fourth-order valence-corrected chi connectivity index (χ4v) is 2.32. The van der Waals surface area contributed by atoms with Gasteiger partial charge in [0.2, 0.25) is 0 Å². The van der Waals surface area contributed by atoms with Crippen molar-refractivity contribution in [2.75, 3.05) is 6.61 Å². The quantitative estimate of drug-likeness (QED) is 0.795. The normalized spacial score (nSPS) is 13.7. The Morgan fingerprint density at radius 3 is 2.62 bits per heavy atom. The van der Waals surface area contributed by atoms with Crippen molar-refractivity contribution in [2.45, 2.75) is 12.6 Å². The number of hydrogen-bond acceptors (Lipinski definition) is 3. The summed E-state index contributed by atoms with van der Waals surface area (Å²) < 4.78 is 42.9. The third-order valence-corrected chi connectivity index (χ3v) is 3.33. The van der Waals surface area contributed by atoms with E-state index in [4.69, 9.17) is 4.74 Å². The second-order valence-corrected chi connectivity index (χ2v) is 4.70. The highest BCUT2D eigenvalue weighted by atomic mass is 19.4. The van der Waals surface area contributed by atoms with Crippen molar-refractivity contribution in [3.05, 3.63) is 47.3 Å². The van der Waals surface area contributed by atoms with Crippen LogP contribution in [0.5, 0.6) is 5.75 Å². The zero-order valence-corrected chi connectivity index (χ0v) is 10.8. The molecule has 0 bridgehead atoms. The van der Waals surface area contributed by atoms with Gasteiger partial charge in [0.05, 0.1) is 12.2 Å². The third-order valence-electron chi connectivity index (χ3n) is 3.33. The Bertz CT molecular complexity index is 693. The summed E-state index contributed by atoms with van der Waals surface area (Å²) in [6.07, 6.45) is -1.93. The second kappa shape index (κ2) is 4.87. The molecule has 3 nitrogen and oxygen atoms in total. The minimum absolute atomic E-state index is 0.403. The van der Waals surface area contributed by atoms with Crippen LogP contribution in [-0.4, -0.2) is 17.9 Å². The van der Waals surface area contributed by atoms with Crippen LogP contribution in [0.2, 0.25) is 0 Å². The maximum Gasteiger partial charge on any atom is 0.433 e. The van der Waals surface area contributed by atoms with Crippen LogP contribution in [0.3, 0.4) is 0 Å². The van der Waals surface area contributed by atoms with Gasteiger partial charge in [0.1, 0.15) is 11.4 Å². The molecule has 2 aromatic rings. The third kappa shape index (κ3) is 2.49. The Labute approximate surface area is 118 Å². The van der Waals surface area contributed by atoms with Crippen molar-refractivity contribution in [2.24, 2.45) is 0 Å². The molecule has 3 rings (SSSR count). The molecule has 0 aliphatic carbocycles. The van der Waals surface area contributed by atoms with Crippen LogP contribution in [0.25, 0.3) is 11.1 Å². The second-order valence-electron chi connectivity index (χ2n) is 4.70. The fraction of sp³-hybridized carbons (Fsp3) is 0.200. The standard InChI is InChI=1S/C15H10F3NO2/c16-15(17,18)13-2-1-10(7-19-13)11-5-9-3-4-21-14(9)12(6-11)8-20/h1-2,5-8H,3-4H2. The molecule has 1 aromatic heterocycles. The molecule has 6 heteroatoms. The summed E-state index contributed by atoms with van der Waals surface area (Å²) in [5.41, 5.74) is 1.53. The molecule has 0 N–H and O–H groups in total. The van der Waals surface area contributed by atoms with Crippen LogP contribution in [0.4, 0.5) is 13.2 Å². The van der Waals surface area contributed by atoms with Crippen LogP contribution in [0, 0.1) is 0 Å². The number of alkyl halides is 3. The van der Waals surface area contributed by atoms with Gasteiger partial charge in [-0.3, -0.25) is 9.78 Å². The molecule has 0 radical (unpaired) electrons. The lowest BCUT2D eigenvalue weighted by atomic mass is 9.99. The minimum atomic E-state index is -4.46. The van der Waals surface area contributed by atoms with Crippen LogP contribution >= 0.6 is 0 Å².